The number of hydrogen-bond acceptors (Lipinski definition) is 10. The third kappa shape index (κ3) is 5.50. The van der Waals surface area contributed by atoms with Crippen LogP contribution in [0.25, 0.3) is 0 Å². The highest BCUT2D eigenvalue weighted by molar-refractivity contribution is 4.97. The zero-order valence-corrected chi connectivity index (χ0v) is 18.8. The zero-order chi connectivity index (χ0) is 23.0. The fourth-order valence-electron chi connectivity index (χ4n) is 3.42. The quantitative estimate of drug-likeness (QED) is 0.320. The first-order valence-electron chi connectivity index (χ1n) is 10.4. The first-order chi connectivity index (χ1) is 13.7. The number of rotatable bonds is 8. The molecule has 10 heteroatoms. The monoisotopic (exact) mass is 438 g/mol. The van der Waals surface area contributed by atoms with E-state index >= 15 is 0 Å². The fourth-order valence-corrected chi connectivity index (χ4v) is 3.42. The molecule has 5 N–H and O–H groups in total. The van der Waals surface area contributed by atoms with Crippen LogP contribution in [0.4, 0.5) is 0 Å². The summed E-state index contributed by atoms with van der Waals surface area (Å²) in [6.45, 7) is 11.3. The molecule has 6 unspecified atom stereocenters. The lowest BCUT2D eigenvalue weighted by molar-refractivity contribution is -0.393. The molecule has 0 amide bonds. The number of aliphatic hydroxyl groups excluding tert-OH is 5. The van der Waals surface area contributed by atoms with Gasteiger partial charge in [-0.25, -0.2) is 0 Å². The summed E-state index contributed by atoms with van der Waals surface area (Å²) in [6, 6.07) is 0. The summed E-state index contributed by atoms with van der Waals surface area (Å²) < 4.78 is 28.5. The first-order valence-corrected chi connectivity index (χ1v) is 10.4. The Morgan fingerprint density at radius 3 is 2.07 bits per heavy atom. The Hall–Kier alpha value is -0.400. The summed E-state index contributed by atoms with van der Waals surface area (Å²) >= 11 is 0. The average Bonchev–Trinajstić information content (AvgIpc) is 2.86. The van der Waals surface area contributed by atoms with Crippen molar-refractivity contribution in [3.8, 4) is 0 Å². The minimum absolute atomic E-state index is 0.177. The molecule has 10 atom stereocenters. The molecule has 0 aromatic carbocycles. The normalized spacial score (nSPS) is 43.9. The third-order valence-corrected chi connectivity index (χ3v) is 5.81. The molecular weight excluding hydrogens is 400 g/mol. The Morgan fingerprint density at radius 1 is 0.967 bits per heavy atom. The van der Waals surface area contributed by atoms with Crippen molar-refractivity contribution in [2.24, 2.45) is 11.8 Å². The largest absolute Gasteiger partial charge is 0.390 e. The SMILES string of the molecule is CC(C)C(O)OC(C)(C)OC[C@@]1(O[C@H]2OC(C)[C@@H](C)C(O)C2O)O[C@H](C)C(O)C1O. The van der Waals surface area contributed by atoms with Crippen LogP contribution in [-0.4, -0.2) is 92.9 Å². The van der Waals surface area contributed by atoms with Crippen LogP contribution in [0.3, 0.4) is 0 Å². The van der Waals surface area contributed by atoms with Crippen LogP contribution >= 0.6 is 0 Å². The molecule has 2 saturated heterocycles. The highest BCUT2D eigenvalue weighted by Gasteiger charge is 2.58. The van der Waals surface area contributed by atoms with Crippen molar-refractivity contribution >= 4 is 0 Å². The van der Waals surface area contributed by atoms with E-state index in [2.05, 4.69) is 0 Å². The molecule has 2 aliphatic heterocycles. The van der Waals surface area contributed by atoms with Gasteiger partial charge in [0, 0.05) is 11.8 Å². The summed E-state index contributed by atoms with van der Waals surface area (Å²) in [5.41, 5.74) is 0. The molecule has 10 nitrogen and oxygen atoms in total. The smallest absolute Gasteiger partial charge is 0.224 e. The minimum Gasteiger partial charge on any atom is -0.390 e. The summed E-state index contributed by atoms with van der Waals surface area (Å²) in [5.74, 6) is -3.69. The Labute approximate surface area is 177 Å². The molecule has 0 aliphatic carbocycles. The van der Waals surface area contributed by atoms with Gasteiger partial charge in [0.05, 0.1) is 18.3 Å². The summed E-state index contributed by atoms with van der Waals surface area (Å²) in [6.07, 6.45) is -8.96. The molecule has 0 radical (unpaired) electrons. The van der Waals surface area contributed by atoms with Crippen LogP contribution in [0.5, 0.6) is 0 Å². The van der Waals surface area contributed by atoms with Gasteiger partial charge >= 0.3 is 0 Å². The summed E-state index contributed by atoms with van der Waals surface area (Å²) in [7, 11) is 0. The van der Waals surface area contributed by atoms with Crippen LogP contribution in [0.1, 0.15) is 48.5 Å². The summed E-state index contributed by atoms with van der Waals surface area (Å²) in [4.78, 5) is 0. The molecule has 2 heterocycles. The van der Waals surface area contributed by atoms with E-state index in [1.807, 2.05) is 0 Å². The lowest BCUT2D eigenvalue weighted by atomic mass is 9.91. The van der Waals surface area contributed by atoms with Gasteiger partial charge in [-0.15, -0.1) is 0 Å². The molecule has 0 spiro atoms. The highest BCUT2D eigenvalue weighted by atomic mass is 16.8. The molecule has 0 aromatic heterocycles. The van der Waals surface area contributed by atoms with Gasteiger partial charge in [-0.1, -0.05) is 20.8 Å². The Balaban J connectivity index is 2.19. The van der Waals surface area contributed by atoms with Crippen LogP contribution < -0.4 is 0 Å². The van der Waals surface area contributed by atoms with Gasteiger partial charge in [0.2, 0.25) is 5.79 Å². The van der Waals surface area contributed by atoms with E-state index in [4.69, 9.17) is 23.7 Å². The lowest BCUT2D eigenvalue weighted by Crippen LogP contribution is -2.60. The number of hydrogen-bond donors (Lipinski definition) is 5. The van der Waals surface area contributed by atoms with Crippen molar-refractivity contribution in [1.82, 2.24) is 0 Å². The van der Waals surface area contributed by atoms with Gasteiger partial charge in [-0.3, -0.25) is 0 Å². The Bertz CT molecular complexity index is 558. The molecule has 30 heavy (non-hydrogen) atoms. The van der Waals surface area contributed by atoms with Crippen LogP contribution in [0.15, 0.2) is 0 Å². The predicted molar refractivity (Wildman–Crippen MR) is 104 cm³/mol. The standard InChI is InChI=1S/C20H38O10/c1-9(2)17(25)29-19(6,7)26-8-20(16(24)14(22)12(5)28-20)30-18-15(23)13(21)10(3)11(4)27-18/h9-18,21-25H,8H2,1-7H3/t10-,11?,12-,13?,14?,15?,16?,17?,18-,20+/m1/s1. The average molecular weight is 439 g/mol. The van der Waals surface area contributed by atoms with Crippen molar-refractivity contribution in [1.29, 1.82) is 0 Å². The van der Waals surface area contributed by atoms with E-state index < -0.39 is 67.4 Å². The van der Waals surface area contributed by atoms with Gasteiger partial charge in [-0.05, 0) is 27.7 Å². The van der Waals surface area contributed by atoms with E-state index in [0.29, 0.717) is 0 Å². The maximum atomic E-state index is 10.7. The van der Waals surface area contributed by atoms with Gasteiger partial charge in [0.1, 0.15) is 24.9 Å². The second-order valence-electron chi connectivity index (χ2n) is 9.18. The highest BCUT2D eigenvalue weighted by Crippen LogP contribution is 2.38. The zero-order valence-electron chi connectivity index (χ0n) is 18.8. The molecule has 2 rings (SSSR count). The molecule has 0 bridgehead atoms. The second kappa shape index (κ2) is 9.62. The topological polar surface area (TPSA) is 147 Å². The van der Waals surface area contributed by atoms with Crippen LogP contribution in [-0.2, 0) is 23.7 Å². The van der Waals surface area contributed by atoms with E-state index in [9.17, 15) is 25.5 Å². The van der Waals surface area contributed by atoms with Gasteiger partial charge in [0.15, 0.2) is 18.4 Å². The molecular formula is C20H38O10. The van der Waals surface area contributed by atoms with E-state index in [-0.39, 0.29) is 11.8 Å². The molecule has 2 fully saturated rings. The maximum absolute atomic E-state index is 10.7. The van der Waals surface area contributed by atoms with Crippen molar-refractivity contribution in [2.75, 3.05) is 6.61 Å². The van der Waals surface area contributed by atoms with Crippen molar-refractivity contribution < 1.29 is 49.2 Å². The predicted octanol–water partition coefficient (Wildman–Crippen LogP) is -0.314. The molecule has 2 aliphatic rings. The van der Waals surface area contributed by atoms with E-state index in [1.54, 1.807) is 48.5 Å². The van der Waals surface area contributed by atoms with Crippen LogP contribution in [0.2, 0.25) is 0 Å². The third-order valence-electron chi connectivity index (χ3n) is 5.81. The van der Waals surface area contributed by atoms with Gasteiger partial charge < -0.3 is 49.2 Å². The van der Waals surface area contributed by atoms with Gasteiger partial charge in [0.25, 0.3) is 0 Å². The van der Waals surface area contributed by atoms with Crippen molar-refractivity contribution in [3.05, 3.63) is 0 Å². The van der Waals surface area contributed by atoms with Crippen molar-refractivity contribution in [3.63, 3.8) is 0 Å². The second-order valence-corrected chi connectivity index (χ2v) is 9.18. The minimum atomic E-state index is -1.89. The molecule has 0 aromatic rings. The molecule has 0 saturated carbocycles. The van der Waals surface area contributed by atoms with Gasteiger partial charge in [-0.2, -0.15) is 0 Å². The first kappa shape index (κ1) is 25.9. The number of aliphatic hydroxyl groups is 5. The van der Waals surface area contributed by atoms with E-state index in [1.165, 1.54) is 0 Å². The summed E-state index contributed by atoms with van der Waals surface area (Å²) in [5, 5.41) is 51.6. The van der Waals surface area contributed by atoms with Crippen molar-refractivity contribution in [2.45, 2.75) is 109 Å². The van der Waals surface area contributed by atoms with Crippen LogP contribution in [0, 0.1) is 11.8 Å². The molecule has 178 valence electrons. The Kier molecular flexibility index (Phi) is 8.29. The fraction of sp³-hybridized carbons (Fsp3) is 1.00. The number of ether oxygens (including phenoxy) is 5. The Morgan fingerprint density at radius 2 is 1.57 bits per heavy atom. The lowest BCUT2D eigenvalue weighted by Gasteiger charge is -2.44. The maximum Gasteiger partial charge on any atom is 0.224 e. The van der Waals surface area contributed by atoms with E-state index in [0.717, 1.165) is 0 Å².